The third-order valence-electron chi connectivity index (χ3n) is 3.50. The second kappa shape index (κ2) is 9.44. The van der Waals surface area contributed by atoms with Gasteiger partial charge in [-0.25, -0.2) is 8.42 Å². The Balaban J connectivity index is 1.66. The molecule has 0 saturated heterocycles. The van der Waals surface area contributed by atoms with Gasteiger partial charge in [0.1, 0.15) is 0 Å². The minimum Gasteiger partial charge on any atom is -0.355 e. The average molecular weight is 381 g/mol. The number of amides is 1. The molecule has 0 aliphatic carbocycles. The number of anilines is 1. The maximum atomic E-state index is 11.9. The molecule has 7 heteroatoms. The molecule has 2 aromatic rings. The first-order chi connectivity index (χ1) is 11.9. The van der Waals surface area contributed by atoms with Gasteiger partial charge in [0.05, 0.1) is 5.75 Å². The third-order valence-corrected chi connectivity index (χ3v) is 5.02. The molecule has 0 aromatic heterocycles. The maximum Gasteiger partial charge on any atom is 0.234 e. The van der Waals surface area contributed by atoms with Gasteiger partial charge in [0.25, 0.3) is 0 Å². The molecule has 2 aromatic carbocycles. The lowest BCUT2D eigenvalue weighted by Crippen LogP contribution is -2.31. The highest BCUT2D eigenvalue weighted by Gasteiger charge is 2.11. The summed E-state index contributed by atoms with van der Waals surface area (Å²) in [7, 11) is -3.48. The highest BCUT2D eigenvalue weighted by atomic mass is 35.5. The van der Waals surface area contributed by atoms with Crippen LogP contribution in [0.4, 0.5) is 5.69 Å². The number of hydrogen-bond acceptors (Lipinski definition) is 3. The number of carbonyl (C=O) groups is 1. The predicted molar refractivity (Wildman–Crippen MR) is 101 cm³/mol. The quantitative estimate of drug-likeness (QED) is 0.701. The van der Waals surface area contributed by atoms with Crippen molar-refractivity contribution in [3.63, 3.8) is 0 Å². The second-order valence-corrected chi connectivity index (χ2v) is 7.90. The summed E-state index contributed by atoms with van der Waals surface area (Å²) in [6.45, 7) is 0.0815. The highest BCUT2D eigenvalue weighted by molar-refractivity contribution is 7.92. The Morgan fingerprint density at radius 3 is 2.52 bits per heavy atom. The summed E-state index contributed by atoms with van der Waals surface area (Å²) in [5, 5.41) is 3.32. The van der Waals surface area contributed by atoms with Gasteiger partial charge in [-0.1, -0.05) is 41.9 Å². The van der Waals surface area contributed by atoms with Crippen molar-refractivity contribution in [2.75, 3.05) is 17.0 Å². The fourth-order valence-electron chi connectivity index (χ4n) is 2.30. The van der Waals surface area contributed by atoms with Gasteiger partial charge in [-0.05, 0) is 42.7 Å². The standard InChI is InChI=1S/C18H21ClN2O3S/c19-16-8-4-6-15(14-16)7-5-11-18(22)20-12-13-25(23,24)21-17-9-2-1-3-10-17/h1-4,6,8-10,14,21H,5,7,11-13H2,(H,20,22). The maximum absolute atomic E-state index is 11.9. The normalized spacial score (nSPS) is 11.1. The lowest BCUT2D eigenvalue weighted by atomic mass is 10.1. The Morgan fingerprint density at radius 2 is 1.80 bits per heavy atom. The van der Waals surface area contributed by atoms with E-state index in [1.165, 1.54) is 0 Å². The summed E-state index contributed by atoms with van der Waals surface area (Å²) in [6, 6.07) is 16.2. The lowest BCUT2D eigenvalue weighted by Gasteiger charge is -2.09. The highest BCUT2D eigenvalue weighted by Crippen LogP contribution is 2.12. The van der Waals surface area contributed by atoms with Gasteiger partial charge in [0, 0.05) is 23.7 Å². The Kier molecular flexibility index (Phi) is 7.28. The Morgan fingerprint density at radius 1 is 1.04 bits per heavy atom. The van der Waals surface area contributed by atoms with Crippen LogP contribution in [0.15, 0.2) is 54.6 Å². The Labute approximate surface area is 153 Å². The molecule has 0 aliphatic rings. The van der Waals surface area contributed by atoms with Crippen molar-refractivity contribution in [1.29, 1.82) is 0 Å². The largest absolute Gasteiger partial charge is 0.355 e. The van der Waals surface area contributed by atoms with Crippen molar-refractivity contribution in [3.05, 3.63) is 65.2 Å². The number of para-hydroxylation sites is 1. The summed E-state index contributed by atoms with van der Waals surface area (Å²) >= 11 is 5.91. The molecule has 0 fully saturated rings. The number of sulfonamides is 1. The van der Waals surface area contributed by atoms with Crippen LogP contribution < -0.4 is 10.0 Å². The molecule has 1 amide bonds. The first-order valence-electron chi connectivity index (χ1n) is 8.01. The van der Waals surface area contributed by atoms with Crippen molar-refractivity contribution < 1.29 is 13.2 Å². The summed E-state index contributed by atoms with van der Waals surface area (Å²) in [4.78, 5) is 11.8. The predicted octanol–water partition coefficient (Wildman–Crippen LogP) is 3.22. The minimum atomic E-state index is -3.48. The minimum absolute atomic E-state index is 0.0815. The van der Waals surface area contributed by atoms with E-state index < -0.39 is 10.0 Å². The van der Waals surface area contributed by atoms with Crippen molar-refractivity contribution >= 4 is 33.2 Å². The van der Waals surface area contributed by atoms with E-state index in [0.717, 1.165) is 12.0 Å². The number of carbonyl (C=O) groups excluding carboxylic acids is 1. The zero-order valence-electron chi connectivity index (χ0n) is 13.7. The van der Waals surface area contributed by atoms with Gasteiger partial charge >= 0.3 is 0 Å². The zero-order chi connectivity index (χ0) is 18.1. The topological polar surface area (TPSA) is 75.3 Å². The van der Waals surface area contributed by atoms with Crippen molar-refractivity contribution in [2.24, 2.45) is 0 Å². The number of nitrogens with one attached hydrogen (secondary N) is 2. The molecular formula is C18H21ClN2O3S. The van der Waals surface area contributed by atoms with E-state index in [1.54, 1.807) is 30.3 Å². The molecule has 0 heterocycles. The first-order valence-corrected chi connectivity index (χ1v) is 10.0. The van der Waals surface area contributed by atoms with E-state index in [4.69, 9.17) is 11.6 Å². The number of hydrogen-bond donors (Lipinski definition) is 2. The van der Waals surface area contributed by atoms with E-state index >= 15 is 0 Å². The number of rotatable bonds is 9. The van der Waals surface area contributed by atoms with Gasteiger partial charge < -0.3 is 5.32 Å². The fourth-order valence-corrected chi connectivity index (χ4v) is 3.48. The van der Waals surface area contributed by atoms with E-state index in [1.807, 2.05) is 24.3 Å². The smallest absolute Gasteiger partial charge is 0.234 e. The monoisotopic (exact) mass is 380 g/mol. The molecule has 0 bridgehead atoms. The molecule has 0 radical (unpaired) electrons. The van der Waals surface area contributed by atoms with Gasteiger partial charge in [-0.15, -0.1) is 0 Å². The molecule has 2 rings (SSSR count). The van der Waals surface area contributed by atoms with E-state index in [2.05, 4.69) is 10.0 Å². The van der Waals surface area contributed by atoms with Gasteiger partial charge in [0.15, 0.2) is 0 Å². The second-order valence-electron chi connectivity index (χ2n) is 5.62. The molecule has 25 heavy (non-hydrogen) atoms. The SMILES string of the molecule is O=C(CCCc1cccc(Cl)c1)NCCS(=O)(=O)Nc1ccccc1. The summed E-state index contributed by atoms with van der Waals surface area (Å²) in [5.74, 6) is -0.320. The zero-order valence-corrected chi connectivity index (χ0v) is 15.3. The number of benzene rings is 2. The van der Waals surface area contributed by atoms with Crippen LogP contribution in [0.1, 0.15) is 18.4 Å². The van der Waals surface area contributed by atoms with Crippen LogP contribution in [0.3, 0.4) is 0 Å². The van der Waals surface area contributed by atoms with Crippen LogP contribution in [0, 0.1) is 0 Å². The third kappa shape index (κ3) is 7.58. The average Bonchev–Trinajstić information content (AvgIpc) is 2.55. The number of aryl methyl sites for hydroxylation is 1. The van der Waals surface area contributed by atoms with Crippen LogP contribution in [0.5, 0.6) is 0 Å². The molecule has 2 N–H and O–H groups in total. The van der Waals surface area contributed by atoms with Gasteiger partial charge in [0.2, 0.25) is 15.9 Å². The molecule has 0 unspecified atom stereocenters. The van der Waals surface area contributed by atoms with E-state index in [-0.39, 0.29) is 18.2 Å². The van der Waals surface area contributed by atoms with Crippen molar-refractivity contribution in [3.8, 4) is 0 Å². The lowest BCUT2D eigenvalue weighted by molar-refractivity contribution is -0.121. The molecule has 0 saturated carbocycles. The van der Waals surface area contributed by atoms with Crippen LogP contribution in [0.25, 0.3) is 0 Å². The first kappa shape index (κ1) is 19.3. The summed E-state index contributed by atoms with van der Waals surface area (Å²) < 4.78 is 26.3. The summed E-state index contributed by atoms with van der Waals surface area (Å²) in [5.41, 5.74) is 1.59. The van der Waals surface area contributed by atoms with Crippen LogP contribution >= 0.6 is 11.6 Å². The molecular weight excluding hydrogens is 360 g/mol. The van der Waals surface area contributed by atoms with Crippen molar-refractivity contribution in [1.82, 2.24) is 5.32 Å². The number of halogens is 1. The van der Waals surface area contributed by atoms with Crippen LogP contribution in [-0.2, 0) is 21.2 Å². The fraction of sp³-hybridized carbons (Fsp3) is 0.278. The molecule has 0 atom stereocenters. The van der Waals surface area contributed by atoms with Crippen molar-refractivity contribution in [2.45, 2.75) is 19.3 Å². The van der Waals surface area contributed by atoms with E-state index in [0.29, 0.717) is 23.6 Å². The summed E-state index contributed by atoms with van der Waals surface area (Å²) in [6.07, 6.45) is 1.78. The Hall–Kier alpha value is -2.05. The van der Waals surface area contributed by atoms with Crippen LogP contribution in [-0.4, -0.2) is 26.6 Å². The molecule has 134 valence electrons. The molecule has 0 aliphatic heterocycles. The molecule has 0 spiro atoms. The van der Waals surface area contributed by atoms with Gasteiger partial charge in [-0.2, -0.15) is 0 Å². The Bertz CT molecular complexity index is 795. The van der Waals surface area contributed by atoms with Gasteiger partial charge in [-0.3, -0.25) is 9.52 Å². The van der Waals surface area contributed by atoms with E-state index in [9.17, 15) is 13.2 Å². The van der Waals surface area contributed by atoms with Crippen LogP contribution in [0.2, 0.25) is 5.02 Å². The molecule has 5 nitrogen and oxygen atoms in total.